The van der Waals surface area contributed by atoms with Gasteiger partial charge < -0.3 is 24.4 Å². The molecule has 1 saturated carbocycles. The number of halogens is 2. The maximum absolute atomic E-state index is 14.4. The van der Waals surface area contributed by atoms with Crippen LogP contribution < -0.4 is 0 Å². The molecule has 1 aliphatic rings. The first kappa shape index (κ1) is 33.6. The van der Waals surface area contributed by atoms with E-state index >= 15 is 0 Å². The molecule has 0 spiro atoms. The van der Waals surface area contributed by atoms with Gasteiger partial charge in [-0.3, -0.25) is 4.79 Å². The highest BCUT2D eigenvalue weighted by Gasteiger charge is 2.45. The highest BCUT2D eigenvalue weighted by Crippen LogP contribution is 2.42. The minimum absolute atomic E-state index is 0.0292. The average molecular weight is 557 g/mol. The number of unbranched alkanes of at least 4 members (excludes halogenated alkanes) is 4. The predicted octanol–water partition coefficient (Wildman–Crippen LogP) is 6.80. The van der Waals surface area contributed by atoms with Crippen molar-refractivity contribution in [2.75, 3.05) is 6.61 Å². The monoisotopic (exact) mass is 556 g/mol. The van der Waals surface area contributed by atoms with Crippen LogP contribution in [0.1, 0.15) is 103 Å². The van der Waals surface area contributed by atoms with Crippen LogP contribution in [0.3, 0.4) is 0 Å². The van der Waals surface area contributed by atoms with Crippen LogP contribution in [0.2, 0.25) is 0 Å². The molecule has 0 heterocycles. The van der Waals surface area contributed by atoms with Crippen molar-refractivity contribution in [3.05, 3.63) is 35.9 Å². The lowest BCUT2D eigenvalue weighted by atomic mass is 9.84. The first-order chi connectivity index (χ1) is 18.7. The summed E-state index contributed by atoms with van der Waals surface area (Å²) < 4.78 is 45.7. The standard InChI is InChI=1S/C31H50F2O6/c1-4-6-20-31(32,33)29(35)19-18-26-25(27(34)21-28(26)39-23(3)37-5-2)16-12-7-8-13-17-30(36)38-22-24-14-10-9-11-15-24/h9-11,14-15,23,25-29,34-35H,4-8,12-13,16-22H2,1-3H3/t23?,25-,26-,27+,28-,29-/m1/s1. The Balaban J connectivity index is 1.81. The molecule has 1 aromatic carbocycles. The fourth-order valence-corrected chi connectivity index (χ4v) is 5.59. The Bertz CT molecular complexity index is 793. The van der Waals surface area contributed by atoms with Crippen molar-refractivity contribution >= 4 is 5.97 Å². The highest BCUT2D eigenvalue weighted by molar-refractivity contribution is 5.69. The highest BCUT2D eigenvalue weighted by atomic mass is 19.3. The Labute approximate surface area is 233 Å². The van der Waals surface area contributed by atoms with Crippen molar-refractivity contribution in [3.63, 3.8) is 0 Å². The Morgan fingerprint density at radius 2 is 1.77 bits per heavy atom. The van der Waals surface area contributed by atoms with E-state index in [1.807, 2.05) is 44.2 Å². The number of hydrogen-bond donors (Lipinski definition) is 2. The summed E-state index contributed by atoms with van der Waals surface area (Å²) in [6, 6.07) is 9.58. The van der Waals surface area contributed by atoms with E-state index in [4.69, 9.17) is 14.2 Å². The fraction of sp³-hybridized carbons (Fsp3) is 0.774. The van der Waals surface area contributed by atoms with Crippen molar-refractivity contribution in [3.8, 4) is 0 Å². The van der Waals surface area contributed by atoms with Crippen LogP contribution in [0, 0.1) is 11.8 Å². The van der Waals surface area contributed by atoms with Gasteiger partial charge in [0.05, 0.1) is 12.2 Å². The van der Waals surface area contributed by atoms with E-state index in [0.29, 0.717) is 38.7 Å². The molecule has 224 valence electrons. The zero-order chi connectivity index (χ0) is 28.7. The molecule has 6 nitrogen and oxygen atoms in total. The lowest BCUT2D eigenvalue weighted by Gasteiger charge is -2.30. The molecule has 2 N–H and O–H groups in total. The molecule has 0 amide bonds. The van der Waals surface area contributed by atoms with Gasteiger partial charge in [-0.1, -0.05) is 62.9 Å². The molecule has 1 unspecified atom stereocenters. The minimum Gasteiger partial charge on any atom is -0.461 e. The molecule has 1 aliphatic carbocycles. The molecule has 6 atom stereocenters. The lowest BCUT2D eigenvalue weighted by Crippen LogP contribution is -2.35. The summed E-state index contributed by atoms with van der Waals surface area (Å²) >= 11 is 0. The molecule has 0 radical (unpaired) electrons. The number of esters is 1. The zero-order valence-electron chi connectivity index (χ0n) is 24.0. The normalized spacial score (nSPS) is 23.1. The first-order valence-corrected chi connectivity index (χ1v) is 14.9. The quantitative estimate of drug-likeness (QED) is 0.104. The summed E-state index contributed by atoms with van der Waals surface area (Å²) in [5, 5.41) is 21.1. The Kier molecular flexibility index (Phi) is 15.5. The summed E-state index contributed by atoms with van der Waals surface area (Å²) in [5.41, 5.74) is 0.964. The van der Waals surface area contributed by atoms with E-state index < -0.39 is 24.4 Å². The van der Waals surface area contributed by atoms with Gasteiger partial charge in [0.2, 0.25) is 0 Å². The maximum atomic E-state index is 14.4. The van der Waals surface area contributed by atoms with Gasteiger partial charge in [0.1, 0.15) is 12.7 Å². The van der Waals surface area contributed by atoms with Crippen LogP contribution in [0.5, 0.6) is 0 Å². The van der Waals surface area contributed by atoms with Crippen molar-refractivity contribution < 1.29 is 38.0 Å². The van der Waals surface area contributed by atoms with Gasteiger partial charge in [-0.15, -0.1) is 0 Å². The van der Waals surface area contributed by atoms with E-state index in [2.05, 4.69) is 0 Å². The molecule has 0 aromatic heterocycles. The topological polar surface area (TPSA) is 85.2 Å². The van der Waals surface area contributed by atoms with Crippen LogP contribution in [-0.4, -0.2) is 53.3 Å². The third kappa shape index (κ3) is 12.2. The molecule has 1 aromatic rings. The van der Waals surface area contributed by atoms with Gasteiger partial charge in [0.15, 0.2) is 6.29 Å². The van der Waals surface area contributed by atoms with Gasteiger partial charge in [-0.2, -0.15) is 0 Å². The molecule has 0 saturated heterocycles. The van der Waals surface area contributed by atoms with Crippen molar-refractivity contribution in [1.29, 1.82) is 0 Å². The van der Waals surface area contributed by atoms with Crippen LogP contribution in [-0.2, 0) is 25.6 Å². The second kappa shape index (κ2) is 17.9. The maximum Gasteiger partial charge on any atom is 0.306 e. The fourth-order valence-electron chi connectivity index (χ4n) is 5.59. The molecule has 1 fully saturated rings. The van der Waals surface area contributed by atoms with Gasteiger partial charge in [-0.25, -0.2) is 8.78 Å². The van der Waals surface area contributed by atoms with Gasteiger partial charge in [-0.05, 0) is 63.4 Å². The molecular formula is C31H50F2O6. The summed E-state index contributed by atoms with van der Waals surface area (Å²) in [5.74, 6) is -3.54. The Morgan fingerprint density at radius 3 is 2.46 bits per heavy atom. The molecule has 8 heteroatoms. The van der Waals surface area contributed by atoms with E-state index in [-0.39, 0.29) is 43.4 Å². The number of carbonyl (C=O) groups excluding carboxylic acids is 1. The van der Waals surface area contributed by atoms with Crippen molar-refractivity contribution in [1.82, 2.24) is 0 Å². The third-order valence-electron chi connectivity index (χ3n) is 7.80. The largest absolute Gasteiger partial charge is 0.461 e. The van der Waals surface area contributed by atoms with Crippen LogP contribution in [0.15, 0.2) is 30.3 Å². The molecular weight excluding hydrogens is 506 g/mol. The average Bonchev–Trinajstić information content (AvgIpc) is 3.20. The summed E-state index contributed by atoms with van der Waals surface area (Å²) in [6.07, 6.45) is 2.93. The van der Waals surface area contributed by atoms with E-state index in [1.54, 1.807) is 6.92 Å². The number of aliphatic hydroxyl groups is 2. The SMILES string of the molecule is CCCCC(F)(F)[C@H](O)CC[C@@H]1[C@@H](CCCCCCC(=O)OCc2ccccc2)[C@@H](O)C[C@H]1OC(C)OCC. The number of rotatable bonds is 20. The second-order valence-corrected chi connectivity index (χ2v) is 10.9. The second-order valence-electron chi connectivity index (χ2n) is 10.9. The molecule has 0 aliphatic heterocycles. The van der Waals surface area contributed by atoms with Gasteiger partial charge >= 0.3 is 5.97 Å². The molecule has 2 rings (SSSR count). The Morgan fingerprint density at radius 1 is 1.05 bits per heavy atom. The smallest absolute Gasteiger partial charge is 0.306 e. The number of ether oxygens (including phenoxy) is 3. The van der Waals surface area contributed by atoms with E-state index in [9.17, 15) is 23.8 Å². The molecule has 39 heavy (non-hydrogen) atoms. The lowest BCUT2D eigenvalue weighted by molar-refractivity contribution is -0.169. The minimum atomic E-state index is -3.11. The number of carbonyl (C=O) groups is 1. The van der Waals surface area contributed by atoms with Gasteiger partial charge in [0, 0.05) is 25.9 Å². The van der Waals surface area contributed by atoms with Crippen LogP contribution in [0.4, 0.5) is 8.78 Å². The van der Waals surface area contributed by atoms with Crippen molar-refractivity contribution in [2.45, 2.75) is 135 Å². The summed E-state index contributed by atoms with van der Waals surface area (Å²) in [4.78, 5) is 12.0. The first-order valence-electron chi connectivity index (χ1n) is 14.9. The van der Waals surface area contributed by atoms with E-state index in [0.717, 1.165) is 37.7 Å². The summed E-state index contributed by atoms with van der Waals surface area (Å²) in [7, 11) is 0. The summed E-state index contributed by atoms with van der Waals surface area (Å²) in [6.45, 7) is 6.31. The number of hydrogen-bond acceptors (Lipinski definition) is 6. The number of benzene rings is 1. The predicted molar refractivity (Wildman–Crippen MR) is 147 cm³/mol. The van der Waals surface area contributed by atoms with Crippen LogP contribution in [0.25, 0.3) is 0 Å². The Hall–Kier alpha value is -1.61. The molecule has 0 bridgehead atoms. The van der Waals surface area contributed by atoms with E-state index in [1.165, 1.54) is 0 Å². The number of alkyl halides is 2. The van der Waals surface area contributed by atoms with Crippen molar-refractivity contribution in [2.24, 2.45) is 11.8 Å². The van der Waals surface area contributed by atoms with Gasteiger partial charge in [0.25, 0.3) is 5.92 Å². The third-order valence-corrected chi connectivity index (χ3v) is 7.80. The van der Waals surface area contributed by atoms with Crippen LogP contribution >= 0.6 is 0 Å². The number of aliphatic hydroxyl groups excluding tert-OH is 2. The zero-order valence-corrected chi connectivity index (χ0v) is 24.0.